The molecule has 118 valence electrons. The van der Waals surface area contributed by atoms with E-state index in [0.29, 0.717) is 18.1 Å². The number of hydrogen-bond donors (Lipinski definition) is 1. The quantitative estimate of drug-likeness (QED) is 0.769. The predicted molar refractivity (Wildman–Crippen MR) is 87.1 cm³/mol. The van der Waals surface area contributed by atoms with Crippen molar-refractivity contribution in [3.05, 3.63) is 29.6 Å². The van der Waals surface area contributed by atoms with Gasteiger partial charge in [0, 0.05) is 12.7 Å². The molecule has 0 bridgehead atoms. The van der Waals surface area contributed by atoms with Gasteiger partial charge in [0.25, 0.3) is 0 Å². The van der Waals surface area contributed by atoms with E-state index in [2.05, 4.69) is 43.2 Å². The van der Waals surface area contributed by atoms with E-state index in [0.717, 1.165) is 25.2 Å². The molecule has 0 spiro atoms. The Kier molecular flexibility index (Phi) is 6.19. The van der Waals surface area contributed by atoms with Crippen LogP contribution in [-0.4, -0.2) is 17.6 Å². The number of hydrogen-bond acceptors (Lipinski definition) is 3. The van der Waals surface area contributed by atoms with Gasteiger partial charge >= 0.3 is 0 Å². The lowest BCUT2D eigenvalue weighted by atomic mass is 9.76. The molecule has 1 aliphatic carbocycles. The Balaban J connectivity index is 1.71. The molecule has 2 rings (SSSR count). The second kappa shape index (κ2) is 7.90. The summed E-state index contributed by atoms with van der Waals surface area (Å²) in [5, 5.41) is 3.39. The van der Waals surface area contributed by atoms with Gasteiger partial charge in [-0.15, -0.1) is 0 Å². The lowest BCUT2D eigenvalue weighted by Gasteiger charge is -2.34. The molecule has 0 amide bonds. The van der Waals surface area contributed by atoms with Gasteiger partial charge in [-0.3, -0.25) is 4.98 Å². The summed E-state index contributed by atoms with van der Waals surface area (Å²) in [5.74, 6) is 0. The van der Waals surface area contributed by atoms with Crippen LogP contribution in [0.2, 0.25) is 0 Å². The van der Waals surface area contributed by atoms with Crippen molar-refractivity contribution in [3.8, 4) is 0 Å². The molecule has 0 unspecified atom stereocenters. The summed E-state index contributed by atoms with van der Waals surface area (Å²) in [7, 11) is 0. The third-order valence-corrected chi connectivity index (χ3v) is 4.39. The van der Waals surface area contributed by atoms with E-state index < -0.39 is 0 Å². The van der Waals surface area contributed by atoms with Crippen LogP contribution in [0.5, 0.6) is 0 Å². The summed E-state index contributed by atoms with van der Waals surface area (Å²) in [6.45, 7) is 9.50. The van der Waals surface area contributed by atoms with Crippen LogP contribution in [0.25, 0.3) is 0 Å². The molecule has 0 aromatic carbocycles. The van der Waals surface area contributed by atoms with Crippen LogP contribution < -0.4 is 5.32 Å². The van der Waals surface area contributed by atoms with Crippen molar-refractivity contribution < 1.29 is 4.74 Å². The van der Waals surface area contributed by atoms with Crippen molar-refractivity contribution >= 4 is 0 Å². The van der Waals surface area contributed by atoms with Crippen molar-refractivity contribution in [2.75, 3.05) is 6.54 Å². The number of rotatable bonds is 7. The third-order valence-electron chi connectivity index (χ3n) is 4.39. The average molecular weight is 290 g/mol. The summed E-state index contributed by atoms with van der Waals surface area (Å²) in [4.78, 5) is 4.51. The molecule has 1 aromatic heterocycles. The Bertz CT molecular complexity index is 404. The molecule has 3 nitrogen and oxygen atoms in total. The molecular formula is C18H30N2O. The van der Waals surface area contributed by atoms with Crippen LogP contribution in [0.3, 0.4) is 0 Å². The fourth-order valence-corrected chi connectivity index (χ4v) is 2.80. The Morgan fingerprint density at radius 2 is 2.05 bits per heavy atom. The second-order valence-corrected chi connectivity index (χ2v) is 7.01. The highest BCUT2D eigenvalue weighted by molar-refractivity contribution is 5.13. The zero-order chi connectivity index (χ0) is 15.1. The van der Waals surface area contributed by atoms with Crippen LogP contribution in [-0.2, 0) is 17.9 Å². The number of aromatic nitrogens is 1. The van der Waals surface area contributed by atoms with Gasteiger partial charge in [-0.05, 0) is 55.7 Å². The van der Waals surface area contributed by atoms with Gasteiger partial charge in [0.05, 0.1) is 18.4 Å². The van der Waals surface area contributed by atoms with E-state index in [4.69, 9.17) is 4.74 Å². The normalized spacial score (nSPS) is 18.8. The molecule has 3 heteroatoms. The molecule has 1 fully saturated rings. The topological polar surface area (TPSA) is 34.1 Å². The van der Waals surface area contributed by atoms with E-state index in [1.807, 2.05) is 6.20 Å². The SMILES string of the molecule is CCCNCc1ccc(COC2CCC(C)(C)CC2)nc1. The van der Waals surface area contributed by atoms with E-state index >= 15 is 0 Å². The van der Waals surface area contributed by atoms with Crippen LogP contribution in [0.15, 0.2) is 18.3 Å². The first-order chi connectivity index (χ1) is 10.1. The molecule has 1 heterocycles. The van der Waals surface area contributed by atoms with E-state index in [1.165, 1.54) is 31.2 Å². The van der Waals surface area contributed by atoms with Gasteiger partial charge in [-0.2, -0.15) is 0 Å². The minimum Gasteiger partial charge on any atom is -0.372 e. The minimum absolute atomic E-state index is 0.422. The standard InChI is InChI=1S/C18H30N2O/c1-4-11-19-12-15-5-6-16(20-13-15)14-21-17-7-9-18(2,3)10-8-17/h5-6,13,17,19H,4,7-12,14H2,1-3H3. The van der Waals surface area contributed by atoms with E-state index in [9.17, 15) is 0 Å². The minimum atomic E-state index is 0.422. The maximum atomic E-state index is 6.02. The first kappa shape index (κ1) is 16.4. The molecule has 1 saturated carbocycles. The van der Waals surface area contributed by atoms with Crippen molar-refractivity contribution in [3.63, 3.8) is 0 Å². The maximum absolute atomic E-state index is 6.02. The zero-order valence-corrected chi connectivity index (χ0v) is 13.8. The third kappa shape index (κ3) is 5.76. The monoisotopic (exact) mass is 290 g/mol. The highest BCUT2D eigenvalue weighted by Crippen LogP contribution is 2.36. The Morgan fingerprint density at radius 1 is 1.29 bits per heavy atom. The average Bonchev–Trinajstić information content (AvgIpc) is 2.48. The summed E-state index contributed by atoms with van der Waals surface area (Å²) < 4.78 is 6.02. The summed E-state index contributed by atoms with van der Waals surface area (Å²) in [5.41, 5.74) is 2.79. The first-order valence-electron chi connectivity index (χ1n) is 8.35. The first-order valence-corrected chi connectivity index (χ1v) is 8.35. The van der Waals surface area contributed by atoms with E-state index in [1.54, 1.807) is 0 Å². The fraction of sp³-hybridized carbons (Fsp3) is 0.722. The Labute approximate surface area is 129 Å². The molecule has 0 saturated heterocycles. The van der Waals surface area contributed by atoms with Gasteiger partial charge in [0.15, 0.2) is 0 Å². The maximum Gasteiger partial charge on any atom is 0.0891 e. The lowest BCUT2D eigenvalue weighted by molar-refractivity contribution is -0.00688. The Hall–Kier alpha value is -0.930. The summed E-state index contributed by atoms with van der Waals surface area (Å²) >= 11 is 0. The van der Waals surface area contributed by atoms with Crippen molar-refractivity contribution in [1.82, 2.24) is 10.3 Å². The highest BCUT2D eigenvalue weighted by atomic mass is 16.5. The Morgan fingerprint density at radius 3 is 2.67 bits per heavy atom. The van der Waals surface area contributed by atoms with Gasteiger partial charge in [-0.25, -0.2) is 0 Å². The molecular weight excluding hydrogens is 260 g/mol. The van der Waals surface area contributed by atoms with E-state index in [-0.39, 0.29) is 0 Å². The van der Waals surface area contributed by atoms with Gasteiger partial charge in [0.1, 0.15) is 0 Å². The molecule has 1 aromatic rings. The van der Waals surface area contributed by atoms with Crippen LogP contribution in [0.1, 0.15) is 64.1 Å². The number of nitrogens with one attached hydrogen (secondary N) is 1. The van der Waals surface area contributed by atoms with Crippen LogP contribution >= 0.6 is 0 Å². The largest absolute Gasteiger partial charge is 0.372 e. The van der Waals surface area contributed by atoms with Crippen LogP contribution in [0, 0.1) is 5.41 Å². The van der Waals surface area contributed by atoms with Crippen LogP contribution in [0.4, 0.5) is 0 Å². The van der Waals surface area contributed by atoms with Gasteiger partial charge in [-0.1, -0.05) is 26.8 Å². The molecule has 0 radical (unpaired) electrons. The smallest absolute Gasteiger partial charge is 0.0891 e. The van der Waals surface area contributed by atoms with Crippen molar-refractivity contribution in [2.45, 2.75) is 72.1 Å². The highest BCUT2D eigenvalue weighted by Gasteiger charge is 2.27. The lowest BCUT2D eigenvalue weighted by Crippen LogP contribution is -2.26. The zero-order valence-electron chi connectivity index (χ0n) is 13.8. The molecule has 1 N–H and O–H groups in total. The van der Waals surface area contributed by atoms with Crippen molar-refractivity contribution in [2.24, 2.45) is 5.41 Å². The summed E-state index contributed by atoms with van der Waals surface area (Å²) in [6, 6.07) is 4.24. The predicted octanol–water partition coefficient (Wildman–Crippen LogP) is 4.07. The molecule has 21 heavy (non-hydrogen) atoms. The summed E-state index contributed by atoms with van der Waals surface area (Å²) in [6.07, 6.45) is 8.46. The van der Waals surface area contributed by atoms with Gasteiger partial charge in [0.2, 0.25) is 0 Å². The second-order valence-electron chi connectivity index (χ2n) is 7.01. The number of pyridine rings is 1. The fourth-order valence-electron chi connectivity index (χ4n) is 2.80. The van der Waals surface area contributed by atoms with Crippen molar-refractivity contribution in [1.29, 1.82) is 0 Å². The number of nitrogens with zero attached hydrogens (tertiary/aromatic N) is 1. The molecule has 0 atom stereocenters. The molecule has 0 aliphatic heterocycles. The number of ether oxygens (including phenoxy) is 1. The van der Waals surface area contributed by atoms with Gasteiger partial charge < -0.3 is 10.1 Å². The molecule has 1 aliphatic rings.